The van der Waals surface area contributed by atoms with E-state index in [1.54, 1.807) is 0 Å². The first-order valence-corrected chi connectivity index (χ1v) is 7.90. The van der Waals surface area contributed by atoms with Crippen LogP contribution in [-0.4, -0.2) is 24.3 Å². The normalized spacial score (nSPS) is 45.1. The molecule has 3 aliphatic rings. The average Bonchev–Trinajstić information content (AvgIpc) is 2.95. The van der Waals surface area contributed by atoms with Crippen molar-refractivity contribution in [3.63, 3.8) is 0 Å². The lowest BCUT2D eigenvalue weighted by molar-refractivity contribution is -0.161. The van der Waals surface area contributed by atoms with E-state index in [9.17, 15) is 4.79 Å². The first kappa shape index (κ1) is 13.4. The van der Waals surface area contributed by atoms with Crippen LogP contribution in [0.15, 0.2) is 0 Å². The predicted octanol–water partition coefficient (Wildman–Crippen LogP) is 3.17. The Morgan fingerprint density at radius 1 is 1.16 bits per heavy atom. The maximum absolute atomic E-state index is 12.3. The Morgan fingerprint density at radius 2 is 1.84 bits per heavy atom. The summed E-state index contributed by atoms with van der Waals surface area (Å²) in [5.41, 5.74) is 0. The summed E-state index contributed by atoms with van der Waals surface area (Å²) in [7, 11) is 0. The number of carbonyl (C=O) groups is 1. The minimum absolute atomic E-state index is 0.0422. The molecule has 1 saturated heterocycles. The van der Waals surface area contributed by atoms with Crippen molar-refractivity contribution in [3.8, 4) is 0 Å². The third-order valence-corrected chi connectivity index (χ3v) is 5.28. The molecule has 0 aromatic heterocycles. The molecule has 5 unspecified atom stereocenters. The molecule has 3 fully saturated rings. The van der Waals surface area contributed by atoms with Gasteiger partial charge >= 0.3 is 5.97 Å². The Kier molecular flexibility index (Phi) is 3.59. The maximum atomic E-state index is 12.3. The van der Waals surface area contributed by atoms with Crippen LogP contribution in [-0.2, 0) is 14.3 Å². The van der Waals surface area contributed by atoms with Crippen molar-refractivity contribution in [3.05, 3.63) is 0 Å². The molecular weight excluding hydrogens is 240 g/mol. The maximum Gasteiger partial charge on any atom is 0.309 e. The summed E-state index contributed by atoms with van der Waals surface area (Å²) in [5, 5.41) is 0. The van der Waals surface area contributed by atoms with Gasteiger partial charge in [-0.3, -0.25) is 4.79 Å². The Hall–Kier alpha value is -0.570. The lowest BCUT2D eigenvalue weighted by Crippen LogP contribution is -2.37. The van der Waals surface area contributed by atoms with Crippen molar-refractivity contribution < 1.29 is 14.3 Å². The molecule has 19 heavy (non-hydrogen) atoms. The summed E-state index contributed by atoms with van der Waals surface area (Å²) in [6.07, 6.45) is 6.18. The molecular formula is C16H26O3. The number of carbonyl (C=O) groups excluding carboxylic acids is 1. The van der Waals surface area contributed by atoms with E-state index in [-0.39, 0.29) is 18.0 Å². The van der Waals surface area contributed by atoms with Crippen molar-refractivity contribution >= 4 is 5.97 Å². The van der Waals surface area contributed by atoms with E-state index in [0.717, 1.165) is 19.3 Å². The van der Waals surface area contributed by atoms with Gasteiger partial charge in [0.1, 0.15) is 6.10 Å². The molecule has 2 saturated carbocycles. The zero-order valence-electron chi connectivity index (χ0n) is 12.3. The summed E-state index contributed by atoms with van der Waals surface area (Å²) in [6, 6.07) is 0. The summed E-state index contributed by atoms with van der Waals surface area (Å²) >= 11 is 0. The van der Waals surface area contributed by atoms with Gasteiger partial charge in [-0.05, 0) is 43.4 Å². The zero-order chi connectivity index (χ0) is 13.6. The fraction of sp³-hybridized carbons (Fsp3) is 0.938. The largest absolute Gasteiger partial charge is 0.462 e. The van der Waals surface area contributed by atoms with Crippen molar-refractivity contribution in [2.45, 2.75) is 71.2 Å². The smallest absolute Gasteiger partial charge is 0.309 e. The van der Waals surface area contributed by atoms with Gasteiger partial charge in [-0.25, -0.2) is 0 Å². The summed E-state index contributed by atoms with van der Waals surface area (Å²) < 4.78 is 11.3. The minimum Gasteiger partial charge on any atom is -0.462 e. The number of hydrogen-bond donors (Lipinski definition) is 0. The Morgan fingerprint density at radius 3 is 2.47 bits per heavy atom. The van der Waals surface area contributed by atoms with Gasteiger partial charge in [0.2, 0.25) is 0 Å². The predicted molar refractivity (Wildman–Crippen MR) is 72.6 cm³/mol. The van der Waals surface area contributed by atoms with Crippen LogP contribution in [0.2, 0.25) is 0 Å². The molecule has 0 bridgehead atoms. The Balaban J connectivity index is 1.57. The number of hydrogen-bond acceptors (Lipinski definition) is 3. The van der Waals surface area contributed by atoms with Crippen molar-refractivity contribution in [2.75, 3.05) is 0 Å². The molecule has 2 aliphatic carbocycles. The molecule has 0 aromatic carbocycles. The number of fused-ring (bicyclic) bond motifs is 1. The van der Waals surface area contributed by atoms with Crippen molar-refractivity contribution in [2.24, 2.45) is 23.7 Å². The Labute approximate surface area is 116 Å². The van der Waals surface area contributed by atoms with Gasteiger partial charge < -0.3 is 9.47 Å². The zero-order valence-corrected chi connectivity index (χ0v) is 12.3. The molecule has 3 rings (SSSR count). The van der Waals surface area contributed by atoms with Crippen LogP contribution in [0.25, 0.3) is 0 Å². The van der Waals surface area contributed by atoms with Crippen LogP contribution < -0.4 is 0 Å². The van der Waals surface area contributed by atoms with Crippen LogP contribution in [0.1, 0.15) is 52.9 Å². The lowest BCUT2D eigenvalue weighted by Gasteiger charge is -2.37. The van der Waals surface area contributed by atoms with E-state index in [1.165, 1.54) is 12.8 Å². The highest BCUT2D eigenvalue weighted by atomic mass is 16.6. The number of esters is 1. The van der Waals surface area contributed by atoms with Gasteiger partial charge in [-0.2, -0.15) is 0 Å². The molecule has 5 atom stereocenters. The summed E-state index contributed by atoms with van der Waals surface area (Å²) in [4.78, 5) is 12.3. The topological polar surface area (TPSA) is 38.8 Å². The van der Waals surface area contributed by atoms with Gasteiger partial charge in [0.05, 0.1) is 18.1 Å². The van der Waals surface area contributed by atoms with Crippen molar-refractivity contribution in [1.82, 2.24) is 0 Å². The van der Waals surface area contributed by atoms with Crippen LogP contribution in [0.4, 0.5) is 0 Å². The first-order valence-electron chi connectivity index (χ1n) is 7.90. The first-order chi connectivity index (χ1) is 9.04. The van der Waals surface area contributed by atoms with Gasteiger partial charge in [0.15, 0.2) is 0 Å². The second-order valence-electron chi connectivity index (χ2n) is 7.18. The monoisotopic (exact) mass is 266 g/mol. The molecule has 1 heterocycles. The van der Waals surface area contributed by atoms with Crippen LogP contribution in [0.5, 0.6) is 0 Å². The Bertz CT molecular complexity index is 342. The van der Waals surface area contributed by atoms with E-state index in [1.807, 2.05) is 0 Å². The van der Waals surface area contributed by atoms with E-state index < -0.39 is 0 Å². The second kappa shape index (κ2) is 5.08. The van der Waals surface area contributed by atoms with Gasteiger partial charge in [-0.15, -0.1) is 0 Å². The molecule has 108 valence electrons. The molecule has 3 nitrogen and oxygen atoms in total. The third-order valence-electron chi connectivity index (χ3n) is 5.28. The average molecular weight is 266 g/mol. The molecule has 0 aromatic rings. The fourth-order valence-electron chi connectivity index (χ4n) is 3.94. The third kappa shape index (κ3) is 2.81. The summed E-state index contributed by atoms with van der Waals surface area (Å²) in [6.45, 7) is 6.77. The van der Waals surface area contributed by atoms with Crippen LogP contribution in [0, 0.1) is 23.7 Å². The van der Waals surface area contributed by atoms with E-state index >= 15 is 0 Å². The standard InChI is InChI=1S/C16H26O3/c1-9(2)12-5-4-10(3)6-13(12)19-16(17)11-7-14-15(8-11)18-14/h9-15H,4-8H2,1-3H3. The number of ether oxygens (including phenoxy) is 2. The molecule has 3 heteroatoms. The highest BCUT2D eigenvalue weighted by molar-refractivity contribution is 5.73. The van der Waals surface area contributed by atoms with E-state index in [2.05, 4.69) is 20.8 Å². The van der Waals surface area contributed by atoms with Gasteiger partial charge in [-0.1, -0.05) is 27.2 Å². The SMILES string of the molecule is CC1CCC(C(C)C)C(OC(=O)C2CC3OC3C2)C1. The minimum atomic E-state index is 0.0422. The molecule has 0 amide bonds. The summed E-state index contributed by atoms with van der Waals surface area (Å²) in [5.74, 6) is 1.99. The highest BCUT2D eigenvalue weighted by Gasteiger charge is 2.51. The molecule has 0 radical (unpaired) electrons. The number of epoxide rings is 1. The van der Waals surface area contributed by atoms with Crippen molar-refractivity contribution in [1.29, 1.82) is 0 Å². The quantitative estimate of drug-likeness (QED) is 0.582. The van der Waals surface area contributed by atoms with E-state index in [0.29, 0.717) is 30.0 Å². The fourth-order valence-corrected chi connectivity index (χ4v) is 3.94. The van der Waals surface area contributed by atoms with Crippen LogP contribution in [0.3, 0.4) is 0 Å². The molecule has 0 spiro atoms. The van der Waals surface area contributed by atoms with E-state index in [4.69, 9.17) is 9.47 Å². The lowest BCUT2D eigenvalue weighted by atomic mass is 9.75. The molecule has 0 N–H and O–H groups in total. The molecule has 1 aliphatic heterocycles. The van der Waals surface area contributed by atoms with Gasteiger partial charge in [0.25, 0.3) is 0 Å². The number of rotatable bonds is 3. The highest BCUT2D eigenvalue weighted by Crippen LogP contribution is 2.43. The van der Waals surface area contributed by atoms with Crippen LogP contribution >= 0.6 is 0 Å². The second-order valence-corrected chi connectivity index (χ2v) is 7.18. The van der Waals surface area contributed by atoms with Gasteiger partial charge in [0, 0.05) is 0 Å².